The van der Waals surface area contributed by atoms with Gasteiger partial charge in [0.05, 0.1) is 22.7 Å². The van der Waals surface area contributed by atoms with Crippen LogP contribution < -0.4 is 10.6 Å². The third-order valence-corrected chi connectivity index (χ3v) is 7.38. The highest BCUT2D eigenvalue weighted by molar-refractivity contribution is 6.39. The molecule has 38 heavy (non-hydrogen) atoms. The normalized spacial score (nSPS) is 18.1. The molecular weight excluding hydrogens is 521 g/mol. The van der Waals surface area contributed by atoms with E-state index in [1.54, 1.807) is 18.2 Å². The molecule has 0 spiro atoms. The number of amides is 1. The number of nitrogens with zero attached hydrogens (tertiary/aromatic N) is 1. The lowest BCUT2D eigenvalue weighted by Gasteiger charge is -2.27. The summed E-state index contributed by atoms with van der Waals surface area (Å²) in [4.78, 5) is 29.6. The summed E-state index contributed by atoms with van der Waals surface area (Å²) in [5.74, 6) is 0.416. The van der Waals surface area contributed by atoms with Crippen molar-refractivity contribution in [2.24, 2.45) is 5.92 Å². The van der Waals surface area contributed by atoms with E-state index in [1.807, 2.05) is 48.7 Å². The number of halogens is 2. The number of esters is 1. The Hall–Kier alpha value is -3.35. The number of ether oxygens (including phenoxy) is 1. The molecule has 1 heterocycles. The van der Waals surface area contributed by atoms with Gasteiger partial charge in [-0.2, -0.15) is 0 Å². The molecule has 1 fully saturated rings. The fraction of sp³-hybridized carbons (Fsp3) is 0.300. The standard InChI is InChI=1S/C30H31Cl2N3O3/c1-38-30(37)26(35-29(36)28-24(31)5-4-6-25(28)32)19-22-12-10-20(11-13-22)8-9-21-14-16-23(17-15-21)34-27-7-2-3-18-33-27/h2-13,18,21,23,26H,14-17,19H2,1H3,(H,33,34)(H,35,36)/b9-8+/t21?,23?,26-/m0/s1. The number of carbonyl (C=O) groups is 2. The zero-order valence-electron chi connectivity index (χ0n) is 21.2. The van der Waals surface area contributed by atoms with Gasteiger partial charge in [0.1, 0.15) is 11.9 Å². The monoisotopic (exact) mass is 551 g/mol. The van der Waals surface area contributed by atoms with E-state index in [1.165, 1.54) is 7.11 Å². The van der Waals surface area contributed by atoms with Gasteiger partial charge in [0.2, 0.25) is 0 Å². The van der Waals surface area contributed by atoms with Crippen molar-refractivity contribution in [1.29, 1.82) is 0 Å². The lowest BCUT2D eigenvalue weighted by atomic mass is 9.85. The van der Waals surface area contributed by atoms with Gasteiger partial charge in [0, 0.05) is 18.7 Å². The topological polar surface area (TPSA) is 80.3 Å². The molecule has 0 unspecified atom stereocenters. The minimum Gasteiger partial charge on any atom is -0.467 e. The lowest BCUT2D eigenvalue weighted by Crippen LogP contribution is -2.43. The summed E-state index contributed by atoms with van der Waals surface area (Å²) in [6.07, 6.45) is 11.0. The summed E-state index contributed by atoms with van der Waals surface area (Å²) in [5, 5.41) is 6.67. The molecule has 4 rings (SSSR count). The summed E-state index contributed by atoms with van der Waals surface area (Å²) >= 11 is 12.3. The summed E-state index contributed by atoms with van der Waals surface area (Å²) in [7, 11) is 1.29. The third-order valence-electron chi connectivity index (χ3n) is 6.75. The maximum Gasteiger partial charge on any atom is 0.328 e. The highest BCUT2D eigenvalue weighted by Crippen LogP contribution is 2.28. The van der Waals surface area contributed by atoms with Crippen LogP contribution in [0.4, 0.5) is 5.82 Å². The Kier molecular flexibility index (Phi) is 9.79. The van der Waals surface area contributed by atoms with Crippen LogP contribution in [0.5, 0.6) is 0 Å². The first-order valence-electron chi connectivity index (χ1n) is 12.7. The van der Waals surface area contributed by atoms with Crippen molar-refractivity contribution < 1.29 is 14.3 Å². The number of carbonyl (C=O) groups excluding carboxylic acids is 2. The molecule has 8 heteroatoms. The molecule has 1 amide bonds. The highest BCUT2D eigenvalue weighted by atomic mass is 35.5. The fourth-order valence-electron chi connectivity index (χ4n) is 4.64. The van der Waals surface area contributed by atoms with Gasteiger partial charge >= 0.3 is 5.97 Å². The van der Waals surface area contributed by atoms with Crippen molar-refractivity contribution in [2.45, 2.75) is 44.2 Å². The number of rotatable bonds is 9. The molecule has 0 saturated heterocycles. The summed E-state index contributed by atoms with van der Waals surface area (Å²) in [5.41, 5.74) is 2.11. The number of nitrogens with one attached hydrogen (secondary N) is 2. The number of anilines is 1. The van der Waals surface area contributed by atoms with Gasteiger partial charge < -0.3 is 15.4 Å². The zero-order valence-corrected chi connectivity index (χ0v) is 22.7. The molecule has 1 aliphatic rings. The fourth-order valence-corrected chi connectivity index (χ4v) is 5.21. The average Bonchev–Trinajstić information content (AvgIpc) is 2.93. The molecule has 6 nitrogen and oxygen atoms in total. The summed E-state index contributed by atoms with van der Waals surface area (Å²) in [6.45, 7) is 0. The Morgan fingerprint density at radius 2 is 1.71 bits per heavy atom. The maximum absolute atomic E-state index is 12.8. The molecule has 0 aliphatic heterocycles. The average molecular weight is 553 g/mol. The molecule has 3 aromatic rings. The molecule has 1 aromatic heterocycles. The number of benzene rings is 2. The Labute approximate surface area is 233 Å². The van der Waals surface area contributed by atoms with E-state index in [0.29, 0.717) is 12.0 Å². The molecule has 1 atom stereocenters. The van der Waals surface area contributed by atoms with Gasteiger partial charge in [0.15, 0.2) is 0 Å². The first-order chi connectivity index (χ1) is 18.4. The van der Waals surface area contributed by atoms with Gasteiger partial charge in [0.25, 0.3) is 5.91 Å². The number of methoxy groups -OCH3 is 1. The van der Waals surface area contributed by atoms with Crippen LogP contribution in [0.15, 0.2) is 72.9 Å². The van der Waals surface area contributed by atoms with E-state index in [0.717, 1.165) is 42.6 Å². The van der Waals surface area contributed by atoms with Crippen molar-refractivity contribution in [3.05, 3.63) is 99.7 Å². The first kappa shape index (κ1) is 27.7. The quantitative estimate of drug-likeness (QED) is 0.293. The number of allylic oxidation sites excluding steroid dienone is 1. The van der Waals surface area contributed by atoms with Gasteiger partial charge in [-0.25, -0.2) is 9.78 Å². The van der Waals surface area contributed by atoms with Gasteiger partial charge in [-0.1, -0.05) is 71.8 Å². The van der Waals surface area contributed by atoms with Crippen LogP contribution >= 0.6 is 23.2 Å². The Bertz CT molecular complexity index is 1240. The van der Waals surface area contributed by atoms with Crippen LogP contribution in [0.25, 0.3) is 6.08 Å². The van der Waals surface area contributed by atoms with E-state index in [4.69, 9.17) is 27.9 Å². The van der Waals surface area contributed by atoms with E-state index in [2.05, 4.69) is 27.8 Å². The smallest absolute Gasteiger partial charge is 0.328 e. The van der Waals surface area contributed by atoms with Crippen LogP contribution in [0, 0.1) is 5.92 Å². The van der Waals surface area contributed by atoms with Crippen LogP contribution in [0.2, 0.25) is 10.0 Å². The van der Waals surface area contributed by atoms with E-state index in [-0.39, 0.29) is 22.0 Å². The van der Waals surface area contributed by atoms with Crippen molar-refractivity contribution >= 4 is 47.0 Å². The molecule has 1 saturated carbocycles. The molecule has 198 valence electrons. The Morgan fingerprint density at radius 1 is 1.00 bits per heavy atom. The van der Waals surface area contributed by atoms with Gasteiger partial charge in [-0.15, -0.1) is 0 Å². The summed E-state index contributed by atoms with van der Waals surface area (Å²) < 4.78 is 4.91. The van der Waals surface area contributed by atoms with Crippen LogP contribution in [-0.2, 0) is 16.0 Å². The molecule has 2 aromatic carbocycles. The number of aromatic nitrogens is 1. The number of pyridine rings is 1. The van der Waals surface area contributed by atoms with E-state index in [9.17, 15) is 9.59 Å². The Balaban J connectivity index is 1.31. The van der Waals surface area contributed by atoms with Crippen molar-refractivity contribution in [2.75, 3.05) is 12.4 Å². The second-order valence-electron chi connectivity index (χ2n) is 9.42. The van der Waals surface area contributed by atoms with Crippen LogP contribution in [-0.4, -0.2) is 36.1 Å². The van der Waals surface area contributed by atoms with Crippen LogP contribution in [0.3, 0.4) is 0 Å². The largest absolute Gasteiger partial charge is 0.467 e. The SMILES string of the molecule is COC(=O)[C@H](Cc1ccc(/C=C/C2CCC(Nc3ccccn3)CC2)cc1)NC(=O)c1c(Cl)cccc1Cl. The third kappa shape index (κ3) is 7.59. The second-order valence-corrected chi connectivity index (χ2v) is 10.2. The molecule has 1 aliphatic carbocycles. The zero-order chi connectivity index (χ0) is 26.9. The predicted octanol–water partition coefficient (Wildman–Crippen LogP) is 6.59. The minimum atomic E-state index is -0.879. The second kappa shape index (κ2) is 13.4. The van der Waals surface area contributed by atoms with E-state index >= 15 is 0 Å². The minimum absolute atomic E-state index is 0.131. The molecule has 0 radical (unpaired) electrons. The first-order valence-corrected chi connectivity index (χ1v) is 13.5. The van der Waals surface area contributed by atoms with Crippen molar-refractivity contribution in [3.8, 4) is 0 Å². The van der Waals surface area contributed by atoms with Crippen molar-refractivity contribution in [3.63, 3.8) is 0 Å². The van der Waals surface area contributed by atoms with Gasteiger partial charge in [-0.05, 0) is 67.0 Å². The Morgan fingerprint density at radius 3 is 2.34 bits per heavy atom. The van der Waals surface area contributed by atoms with Crippen LogP contribution in [0.1, 0.15) is 47.2 Å². The predicted molar refractivity (Wildman–Crippen MR) is 153 cm³/mol. The summed E-state index contributed by atoms with van der Waals surface area (Å²) in [6, 6.07) is 18.3. The maximum atomic E-state index is 12.8. The lowest BCUT2D eigenvalue weighted by molar-refractivity contribution is -0.142. The highest BCUT2D eigenvalue weighted by Gasteiger charge is 2.25. The van der Waals surface area contributed by atoms with Gasteiger partial charge in [-0.3, -0.25) is 4.79 Å². The number of hydrogen-bond donors (Lipinski definition) is 2. The molecule has 2 N–H and O–H groups in total. The van der Waals surface area contributed by atoms with E-state index < -0.39 is 17.9 Å². The van der Waals surface area contributed by atoms with Crippen molar-refractivity contribution in [1.82, 2.24) is 10.3 Å². The molecular formula is C30H31Cl2N3O3. The molecule has 0 bridgehead atoms. The number of hydrogen-bond acceptors (Lipinski definition) is 5.